The van der Waals surface area contributed by atoms with Gasteiger partial charge in [0, 0.05) is 0 Å². The Morgan fingerprint density at radius 2 is 2.13 bits per heavy atom. The van der Waals surface area contributed by atoms with Gasteiger partial charge in [-0.05, 0) is 57.9 Å². The summed E-state index contributed by atoms with van der Waals surface area (Å²) in [6, 6.07) is 0. The van der Waals surface area contributed by atoms with Crippen LogP contribution in [0.1, 0.15) is 53.4 Å². The van der Waals surface area contributed by atoms with Crippen molar-refractivity contribution < 1.29 is 0 Å². The second-order valence-electron chi connectivity index (χ2n) is 5.00. The lowest BCUT2D eigenvalue weighted by Gasteiger charge is -2.16. The molecule has 0 N–H and O–H groups in total. The molecule has 0 spiro atoms. The van der Waals surface area contributed by atoms with Crippen LogP contribution < -0.4 is 0 Å². The molecular formula is C15H24. The third-order valence-corrected chi connectivity index (χ3v) is 3.12. The molecule has 1 aliphatic carbocycles. The quantitative estimate of drug-likeness (QED) is 0.565. The second-order valence-corrected chi connectivity index (χ2v) is 5.00. The third kappa shape index (κ3) is 4.51. The fraction of sp³-hybridized carbons (Fsp3) is 0.600. The second kappa shape index (κ2) is 5.95. The van der Waals surface area contributed by atoms with Crippen molar-refractivity contribution in [1.82, 2.24) is 0 Å². The van der Waals surface area contributed by atoms with Crippen molar-refractivity contribution >= 4 is 0 Å². The summed E-state index contributed by atoms with van der Waals surface area (Å²) in [6.45, 7) is 8.93. The van der Waals surface area contributed by atoms with E-state index in [0.717, 1.165) is 5.92 Å². The van der Waals surface area contributed by atoms with E-state index in [0.29, 0.717) is 0 Å². The summed E-state index contributed by atoms with van der Waals surface area (Å²) < 4.78 is 0. The van der Waals surface area contributed by atoms with E-state index in [9.17, 15) is 0 Å². The monoisotopic (exact) mass is 204 g/mol. The number of hydrogen-bond acceptors (Lipinski definition) is 0. The molecule has 0 saturated heterocycles. The predicted molar refractivity (Wildman–Crippen MR) is 68.9 cm³/mol. The molecule has 0 aliphatic heterocycles. The maximum atomic E-state index is 2.35. The van der Waals surface area contributed by atoms with Gasteiger partial charge >= 0.3 is 0 Å². The van der Waals surface area contributed by atoms with Gasteiger partial charge in [0.2, 0.25) is 0 Å². The molecular weight excluding hydrogens is 180 g/mol. The van der Waals surface area contributed by atoms with Crippen LogP contribution in [0.25, 0.3) is 0 Å². The minimum Gasteiger partial charge on any atom is -0.0856 e. The van der Waals surface area contributed by atoms with Gasteiger partial charge in [0.1, 0.15) is 0 Å². The van der Waals surface area contributed by atoms with Crippen LogP contribution >= 0.6 is 0 Å². The summed E-state index contributed by atoms with van der Waals surface area (Å²) in [5, 5.41) is 0. The Hall–Kier alpha value is -0.780. The van der Waals surface area contributed by atoms with E-state index in [1.807, 2.05) is 0 Å². The SMILES string of the molecule is CC(C)=CCC/C(C)=C1\C=CC(C)CC1. The molecule has 0 heteroatoms. The van der Waals surface area contributed by atoms with Gasteiger partial charge in [-0.15, -0.1) is 0 Å². The van der Waals surface area contributed by atoms with Crippen LogP contribution in [0.3, 0.4) is 0 Å². The fourth-order valence-corrected chi connectivity index (χ4v) is 1.94. The van der Waals surface area contributed by atoms with Crippen LogP contribution in [0.2, 0.25) is 0 Å². The van der Waals surface area contributed by atoms with Crippen molar-refractivity contribution in [1.29, 1.82) is 0 Å². The molecule has 0 aromatic heterocycles. The summed E-state index contributed by atoms with van der Waals surface area (Å²) in [5.74, 6) is 0.777. The number of allylic oxidation sites excluding steroid dienone is 6. The average Bonchev–Trinajstić information content (AvgIpc) is 2.18. The molecule has 0 nitrogen and oxygen atoms in total. The van der Waals surface area contributed by atoms with Gasteiger partial charge < -0.3 is 0 Å². The van der Waals surface area contributed by atoms with Gasteiger partial charge in [-0.3, -0.25) is 0 Å². The van der Waals surface area contributed by atoms with Crippen molar-refractivity contribution in [2.45, 2.75) is 53.4 Å². The van der Waals surface area contributed by atoms with E-state index in [-0.39, 0.29) is 0 Å². The van der Waals surface area contributed by atoms with E-state index in [4.69, 9.17) is 0 Å². The molecule has 0 aromatic rings. The standard InChI is InChI=1S/C15H24/c1-12(2)6-5-7-14(4)15-10-8-13(3)9-11-15/h6,8,10,13H,5,7,9,11H2,1-4H3/b15-14+. The summed E-state index contributed by atoms with van der Waals surface area (Å²) in [7, 11) is 0. The topological polar surface area (TPSA) is 0 Å². The first-order valence-electron chi connectivity index (χ1n) is 6.09. The number of hydrogen-bond donors (Lipinski definition) is 0. The Bertz CT molecular complexity index is 285. The van der Waals surface area contributed by atoms with Crippen LogP contribution in [-0.4, -0.2) is 0 Å². The largest absolute Gasteiger partial charge is 0.0856 e. The summed E-state index contributed by atoms with van der Waals surface area (Å²) in [4.78, 5) is 0. The van der Waals surface area contributed by atoms with Crippen molar-refractivity contribution in [3.05, 3.63) is 34.9 Å². The third-order valence-electron chi connectivity index (χ3n) is 3.12. The highest BCUT2D eigenvalue weighted by molar-refractivity contribution is 5.27. The Balaban J connectivity index is 2.51. The van der Waals surface area contributed by atoms with Crippen molar-refractivity contribution in [2.24, 2.45) is 5.92 Å². The van der Waals surface area contributed by atoms with Crippen LogP contribution in [0, 0.1) is 5.92 Å². The molecule has 1 unspecified atom stereocenters. The Labute approximate surface area is 94.8 Å². The smallest absolute Gasteiger partial charge is 0.0256 e. The molecule has 0 saturated carbocycles. The lowest BCUT2D eigenvalue weighted by atomic mass is 9.90. The van der Waals surface area contributed by atoms with Gasteiger partial charge in [0.15, 0.2) is 0 Å². The first-order chi connectivity index (χ1) is 7.09. The first kappa shape index (κ1) is 12.3. The highest BCUT2D eigenvalue weighted by Crippen LogP contribution is 2.25. The summed E-state index contributed by atoms with van der Waals surface area (Å²) >= 11 is 0. The van der Waals surface area contributed by atoms with Crippen LogP contribution in [0.4, 0.5) is 0 Å². The molecule has 1 atom stereocenters. The normalized spacial score (nSPS) is 23.9. The maximum absolute atomic E-state index is 2.35. The Kier molecular flexibility index (Phi) is 4.87. The minimum atomic E-state index is 0.777. The minimum absolute atomic E-state index is 0.777. The summed E-state index contributed by atoms with van der Waals surface area (Å²) in [5.41, 5.74) is 4.59. The zero-order chi connectivity index (χ0) is 11.3. The summed E-state index contributed by atoms with van der Waals surface area (Å²) in [6.07, 6.45) is 12.0. The lowest BCUT2D eigenvalue weighted by molar-refractivity contribution is 0.626. The van der Waals surface area contributed by atoms with E-state index in [1.165, 1.54) is 31.3 Å². The zero-order valence-corrected chi connectivity index (χ0v) is 10.6. The highest BCUT2D eigenvalue weighted by Gasteiger charge is 2.07. The predicted octanol–water partition coefficient (Wildman–Crippen LogP) is 5.04. The molecule has 0 bridgehead atoms. The van der Waals surface area contributed by atoms with Gasteiger partial charge in [0.05, 0.1) is 0 Å². The van der Waals surface area contributed by atoms with E-state index in [1.54, 1.807) is 11.1 Å². The first-order valence-corrected chi connectivity index (χ1v) is 6.09. The van der Waals surface area contributed by atoms with Crippen LogP contribution in [0.15, 0.2) is 34.9 Å². The fourth-order valence-electron chi connectivity index (χ4n) is 1.94. The van der Waals surface area contributed by atoms with Gasteiger partial charge in [-0.1, -0.05) is 36.3 Å². The molecule has 0 amide bonds. The van der Waals surface area contributed by atoms with E-state index in [2.05, 4.69) is 45.9 Å². The Morgan fingerprint density at radius 1 is 1.40 bits per heavy atom. The zero-order valence-electron chi connectivity index (χ0n) is 10.6. The van der Waals surface area contributed by atoms with Gasteiger partial charge in [-0.2, -0.15) is 0 Å². The van der Waals surface area contributed by atoms with E-state index < -0.39 is 0 Å². The molecule has 0 radical (unpaired) electrons. The molecule has 0 aromatic carbocycles. The lowest BCUT2D eigenvalue weighted by Crippen LogP contribution is -1.99. The molecule has 0 heterocycles. The van der Waals surface area contributed by atoms with E-state index >= 15 is 0 Å². The van der Waals surface area contributed by atoms with Gasteiger partial charge in [-0.25, -0.2) is 0 Å². The maximum Gasteiger partial charge on any atom is -0.0256 e. The molecule has 84 valence electrons. The van der Waals surface area contributed by atoms with Crippen molar-refractivity contribution in [3.8, 4) is 0 Å². The number of rotatable bonds is 3. The van der Waals surface area contributed by atoms with Crippen LogP contribution in [-0.2, 0) is 0 Å². The molecule has 1 rings (SSSR count). The van der Waals surface area contributed by atoms with Crippen molar-refractivity contribution in [2.75, 3.05) is 0 Å². The van der Waals surface area contributed by atoms with Crippen molar-refractivity contribution in [3.63, 3.8) is 0 Å². The molecule has 1 aliphatic rings. The Morgan fingerprint density at radius 3 is 2.67 bits per heavy atom. The van der Waals surface area contributed by atoms with Crippen LogP contribution in [0.5, 0.6) is 0 Å². The molecule has 15 heavy (non-hydrogen) atoms. The van der Waals surface area contributed by atoms with Gasteiger partial charge in [0.25, 0.3) is 0 Å². The molecule has 0 fully saturated rings. The average molecular weight is 204 g/mol. The highest BCUT2D eigenvalue weighted by atomic mass is 14.1.